The number of ether oxygens (including phenoxy) is 1. The van der Waals surface area contributed by atoms with Gasteiger partial charge in [-0.2, -0.15) is 0 Å². The van der Waals surface area contributed by atoms with Crippen LogP contribution in [0, 0.1) is 0 Å². The van der Waals surface area contributed by atoms with Crippen molar-refractivity contribution < 1.29 is 19.4 Å². The zero-order chi connectivity index (χ0) is 21.5. The van der Waals surface area contributed by atoms with Crippen molar-refractivity contribution in [2.45, 2.75) is 13.8 Å². The molecule has 0 radical (unpaired) electrons. The van der Waals surface area contributed by atoms with Gasteiger partial charge in [0.25, 0.3) is 0 Å². The Morgan fingerprint density at radius 2 is 1.59 bits per heavy atom. The van der Waals surface area contributed by atoms with Crippen molar-refractivity contribution in [3.63, 3.8) is 0 Å². The van der Waals surface area contributed by atoms with Crippen molar-refractivity contribution in [1.29, 1.82) is 0 Å². The third-order valence-corrected chi connectivity index (χ3v) is 3.63. The molecule has 0 aliphatic rings. The van der Waals surface area contributed by atoms with Crippen molar-refractivity contribution in [2.75, 3.05) is 6.61 Å². The maximum atomic E-state index is 10.8. The van der Waals surface area contributed by atoms with Crippen molar-refractivity contribution in [3.8, 4) is 0 Å². The van der Waals surface area contributed by atoms with Gasteiger partial charge in [-0.05, 0) is 36.6 Å². The average Bonchev–Trinajstić information content (AvgIpc) is 2.74. The molecule has 0 saturated heterocycles. The van der Waals surface area contributed by atoms with E-state index in [1.807, 2.05) is 24.3 Å². The first-order valence-electron chi connectivity index (χ1n) is 9.16. The second kappa shape index (κ2) is 13.5. The molecule has 0 atom stereocenters. The largest absolute Gasteiger partial charge is 0.478 e. The normalized spacial score (nSPS) is 11.0. The lowest BCUT2D eigenvalue weighted by Crippen LogP contribution is -2.05. The van der Waals surface area contributed by atoms with Crippen LogP contribution in [0.2, 0.25) is 0 Å². The quantitative estimate of drug-likeness (QED) is 0.382. The highest BCUT2D eigenvalue weighted by Gasteiger charge is 2.03. The van der Waals surface area contributed by atoms with Gasteiger partial charge in [0.15, 0.2) is 0 Å². The molecule has 0 aromatic heterocycles. The van der Waals surface area contributed by atoms with E-state index in [2.05, 4.69) is 72.9 Å². The van der Waals surface area contributed by atoms with Gasteiger partial charge in [0, 0.05) is 6.08 Å². The Balaban J connectivity index is 0.000000311. The Kier molecular flexibility index (Phi) is 10.9. The first-order valence-corrected chi connectivity index (χ1v) is 9.16. The van der Waals surface area contributed by atoms with Crippen LogP contribution in [0.15, 0.2) is 97.1 Å². The second-order valence-electron chi connectivity index (χ2n) is 5.90. The van der Waals surface area contributed by atoms with Crippen molar-refractivity contribution >= 4 is 23.6 Å². The van der Waals surface area contributed by atoms with Crippen molar-refractivity contribution in [1.82, 2.24) is 0 Å². The summed E-state index contributed by atoms with van der Waals surface area (Å²) in [6.07, 6.45) is 8.28. The number of carbonyl (C=O) groups is 2. The van der Waals surface area contributed by atoms with Crippen LogP contribution in [0.1, 0.15) is 25.0 Å². The summed E-state index contributed by atoms with van der Waals surface area (Å²) in [5, 5.41) is 8.19. The summed E-state index contributed by atoms with van der Waals surface area (Å²) in [6.45, 7) is 7.36. The zero-order valence-electron chi connectivity index (χ0n) is 16.7. The molecular formula is C25H26O4. The molecular weight excluding hydrogens is 364 g/mol. The third-order valence-electron chi connectivity index (χ3n) is 3.63. The highest BCUT2D eigenvalue weighted by molar-refractivity contribution is 5.93. The fourth-order valence-electron chi connectivity index (χ4n) is 2.13. The molecule has 0 spiro atoms. The Hall–Kier alpha value is -3.66. The molecule has 4 heteroatoms. The zero-order valence-corrected chi connectivity index (χ0v) is 16.7. The molecule has 2 rings (SSSR count). The SMILES string of the molecule is C=C(C=CC(=O)O)C(=O)OCC.CC(=CC=Cc1ccccc1)c1ccccc1. The van der Waals surface area contributed by atoms with Gasteiger partial charge < -0.3 is 9.84 Å². The maximum Gasteiger partial charge on any atom is 0.337 e. The van der Waals surface area contributed by atoms with E-state index in [0.29, 0.717) is 0 Å². The minimum atomic E-state index is -1.12. The topological polar surface area (TPSA) is 63.6 Å². The fraction of sp³-hybridized carbons (Fsp3) is 0.120. The Bertz CT molecular complexity index is 876. The van der Waals surface area contributed by atoms with Gasteiger partial charge in [-0.25, -0.2) is 9.59 Å². The summed E-state index contributed by atoms with van der Waals surface area (Å²) in [4.78, 5) is 20.8. The number of aliphatic carboxylic acids is 1. The van der Waals surface area contributed by atoms with Crippen molar-refractivity contribution in [2.24, 2.45) is 0 Å². The standard InChI is InChI=1S/C17H16.C8H10O4/c1-15(17-13-6-3-7-14-17)9-8-12-16-10-4-2-5-11-16;1-3-12-8(11)6(2)4-5-7(9)10/h2-14H,1H3;4-5H,2-3H2,1H3,(H,9,10). The molecule has 0 aliphatic carbocycles. The molecule has 4 nitrogen and oxygen atoms in total. The summed E-state index contributed by atoms with van der Waals surface area (Å²) < 4.78 is 4.55. The van der Waals surface area contributed by atoms with Crippen molar-refractivity contribution in [3.05, 3.63) is 108 Å². The predicted octanol–water partition coefficient (Wildman–Crippen LogP) is 5.55. The van der Waals surface area contributed by atoms with E-state index >= 15 is 0 Å². The van der Waals surface area contributed by atoms with Crippen LogP contribution in [0.5, 0.6) is 0 Å². The molecule has 0 saturated carbocycles. The lowest BCUT2D eigenvalue weighted by atomic mass is 10.1. The van der Waals surface area contributed by atoms with Gasteiger partial charge >= 0.3 is 11.9 Å². The van der Waals surface area contributed by atoms with Gasteiger partial charge in [0.2, 0.25) is 0 Å². The number of hydrogen-bond acceptors (Lipinski definition) is 3. The number of carboxylic acid groups (broad SMARTS) is 1. The van der Waals surface area contributed by atoms with E-state index in [1.165, 1.54) is 16.7 Å². The van der Waals surface area contributed by atoms with Crippen LogP contribution in [0.4, 0.5) is 0 Å². The van der Waals surface area contributed by atoms with Crippen LogP contribution < -0.4 is 0 Å². The van der Waals surface area contributed by atoms with E-state index in [9.17, 15) is 9.59 Å². The molecule has 0 bridgehead atoms. The molecule has 2 aromatic carbocycles. The summed E-state index contributed by atoms with van der Waals surface area (Å²) in [5.41, 5.74) is 3.80. The van der Waals surface area contributed by atoms with Gasteiger partial charge in [-0.3, -0.25) is 0 Å². The highest BCUT2D eigenvalue weighted by atomic mass is 16.5. The second-order valence-corrected chi connectivity index (χ2v) is 5.90. The summed E-state index contributed by atoms with van der Waals surface area (Å²) in [5.74, 6) is -1.73. The van der Waals surface area contributed by atoms with Crippen LogP contribution in [-0.4, -0.2) is 23.7 Å². The average molecular weight is 390 g/mol. The van der Waals surface area contributed by atoms with Gasteiger partial charge in [-0.15, -0.1) is 0 Å². The van der Waals surface area contributed by atoms with Crippen LogP contribution >= 0.6 is 0 Å². The van der Waals surface area contributed by atoms with Gasteiger partial charge in [-0.1, -0.05) is 85.5 Å². The third kappa shape index (κ3) is 10.3. The first-order chi connectivity index (χ1) is 13.9. The number of rotatable bonds is 7. The van der Waals surface area contributed by atoms with Crippen LogP contribution in [0.3, 0.4) is 0 Å². The molecule has 150 valence electrons. The number of hydrogen-bond donors (Lipinski definition) is 1. The smallest absolute Gasteiger partial charge is 0.337 e. The van der Waals surface area contributed by atoms with E-state index < -0.39 is 11.9 Å². The molecule has 0 heterocycles. The lowest BCUT2D eigenvalue weighted by molar-refractivity contribution is -0.138. The molecule has 0 unspecified atom stereocenters. The fourth-order valence-corrected chi connectivity index (χ4v) is 2.13. The van der Waals surface area contributed by atoms with E-state index in [1.54, 1.807) is 6.92 Å². The molecule has 0 amide bonds. The molecule has 0 fully saturated rings. The Labute approximate surface area is 172 Å². The number of esters is 1. The van der Waals surface area contributed by atoms with Gasteiger partial charge in [0.05, 0.1) is 12.2 Å². The summed E-state index contributed by atoms with van der Waals surface area (Å²) in [7, 11) is 0. The number of carbonyl (C=O) groups excluding carboxylic acids is 1. The monoisotopic (exact) mass is 390 g/mol. The molecule has 0 aliphatic heterocycles. The molecule has 1 N–H and O–H groups in total. The Morgan fingerprint density at radius 3 is 2.14 bits per heavy atom. The molecule has 2 aromatic rings. The highest BCUT2D eigenvalue weighted by Crippen LogP contribution is 2.13. The summed E-state index contributed by atoms with van der Waals surface area (Å²) >= 11 is 0. The van der Waals surface area contributed by atoms with Gasteiger partial charge in [0.1, 0.15) is 0 Å². The molecule has 29 heavy (non-hydrogen) atoms. The minimum Gasteiger partial charge on any atom is -0.478 e. The number of carboxylic acids is 1. The maximum absolute atomic E-state index is 10.8. The lowest BCUT2D eigenvalue weighted by Gasteiger charge is -1.98. The van der Waals surface area contributed by atoms with E-state index in [0.717, 1.165) is 12.2 Å². The number of benzene rings is 2. The summed E-state index contributed by atoms with van der Waals surface area (Å²) in [6, 6.07) is 20.7. The number of allylic oxidation sites excluding steroid dienone is 3. The minimum absolute atomic E-state index is 0.0271. The Morgan fingerprint density at radius 1 is 1.00 bits per heavy atom. The first kappa shape index (κ1) is 23.4. The van der Waals surface area contributed by atoms with Crippen LogP contribution in [-0.2, 0) is 14.3 Å². The van der Waals surface area contributed by atoms with E-state index in [-0.39, 0.29) is 12.2 Å². The predicted molar refractivity (Wildman–Crippen MR) is 118 cm³/mol. The van der Waals surface area contributed by atoms with Crippen LogP contribution in [0.25, 0.3) is 11.6 Å². The van der Waals surface area contributed by atoms with E-state index in [4.69, 9.17) is 5.11 Å².